The maximum absolute atomic E-state index is 12.3. The summed E-state index contributed by atoms with van der Waals surface area (Å²) in [5.41, 5.74) is 1.25. The Kier molecular flexibility index (Phi) is 5.50. The Hall–Kier alpha value is -0.910. The minimum Gasteiger partial charge on any atom is -0.393 e. The number of hydrogen-bond donors (Lipinski definition) is 3. The van der Waals surface area contributed by atoms with Gasteiger partial charge in [0.15, 0.2) is 0 Å². The van der Waals surface area contributed by atoms with Crippen LogP contribution in [0.4, 0.5) is 0 Å². The average Bonchev–Trinajstić information content (AvgIpc) is 3.02. The van der Waals surface area contributed by atoms with Crippen molar-refractivity contribution in [3.63, 3.8) is 0 Å². The lowest BCUT2D eigenvalue weighted by Crippen LogP contribution is -2.52. The lowest BCUT2D eigenvalue weighted by atomic mass is 9.71. The van der Waals surface area contributed by atoms with Crippen LogP contribution >= 0.6 is 11.3 Å². The van der Waals surface area contributed by atoms with Gasteiger partial charge < -0.3 is 15.7 Å². The number of aryl methyl sites for hydroxylation is 1. The van der Waals surface area contributed by atoms with Crippen LogP contribution in [0.1, 0.15) is 37.7 Å². The van der Waals surface area contributed by atoms with Crippen LogP contribution in [0, 0.1) is 11.8 Å². The lowest BCUT2D eigenvalue weighted by Gasteiger charge is -2.43. The Morgan fingerprint density at radius 1 is 1.36 bits per heavy atom. The van der Waals surface area contributed by atoms with Crippen molar-refractivity contribution in [3.8, 4) is 0 Å². The molecule has 1 atom stereocenters. The van der Waals surface area contributed by atoms with Crippen LogP contribution in [0.25, 0.3) is 0 Å². The van der Waals surface area contributed by atoms with E-state index in [1.165, 1.54) is 5.56 Å². The Morgan fingerprint density at radius 2 is 2.14 bits per heavy atom. The van der Waals surface area contributed by atoms with E-state index in [1.807, 2.05) is 0 Å². The molecule has 22 heavy (non-hydrogen) atoms. The average molecular weight is 322 g/mol. The van der Waals surface area contributed by atoms with Gasteiger partial charge in [0.2, 0.25) is 5.91 Å². The third kappa shape index (κ3) is 4.09. The van der Waals surface area contributed by atoms with Crippen LogP contribution in [0.3, 0.4) is 0 Å². The second-order valence-corrected chi connectivity index (χ2v) is 7.48. The van der Waals surface area contributed by atoms with Crippen molar-refractivity contribution in [2.75, 3.05) is 13.1 Å². The van der Waals surface area contributed by atoms with Gasteiger partial charge in [-0.25, -0.2) is 0 Å². The summed E-state index contributed by atoms with van der Waals surface area (Å²) in [6.45, 7) is 2.09. The molecule has 1 amide bonds. The molecule has 0 radical (unpaired) electrons. The first-order chi connectivity index (χ1) is 10.7. The Labute approximate surface area is 136 Å². The number of aliphatic hydroxyl groups is 1. The van der Waals surface area contributed by atoms with Crippen molar-refractivity contribution in [3.05, 3.63) is 22.4 Å². The molecule has 0 bridgehead atoms. The van der Waals surface area contributed by atoms with E-state index in [-0.39, 0.29) is 18.1 Å². The summed E-state index contributed by atoms with van der Waals surface area (Å²) in [4.78, 5) is 12.3. The van der Waals surface area contributed by atoms with Gasteiger partial charge in [0.1, 0.15) is 0 Å². The van der Waals surface area contributed by atoms with E-state index < -0.39 is 0 Å². The van der Waals surface area contributed by atoms with Crippen LogP contribution in [-0.4, -0.2) is 36.2 Å². The monoisotopic (exact) mass is 322 g/mol. The van der Waals surface area contributed by atoms with E-state index >= 15 is 0 Å². The van der Waals surface area contributed by atoms with Gasteiger partial charge in [-0.1, -0.05) is 0 Å². The molecule has 3 N–H and O–H groups in total. The van der Waals surface area contributed by atoms with E-state index in [0.717, 1.165) is 45.2 Å². The molecule has 122 valence electrons. The number of nitrogens with one attached hydrogen (secondary N) is 2. The number of thiophene rings is 1. The molecule has 3 rings (SSSR count). The molecule has 1 aliphatic heterocycles. The van der Waals surface area contributed by atoms with Crippen LogP contribution < -0.4 is 10.6 Å². The zero-order valence-corrected chi connectivity index (χ0v) is 13.8. The van der Waals surface area contributed by atoms with Gasteiger partial charge in [-0.2, -0.15) is 11.3 Å². The maximum Gasteiger partial charge on any atom is 0.220 e. The highest BCUT2D eigenvalue weighted by molar-refractivity contribution is 7.07. The molecular formula is C17H26N2O2S. The number of aliphatic hydroxyl groups excluding tert-OH is 1. The number of amides is 1. The number of carbonyl (C=O) groups excluding carboxylic acids is 1. The molecule has 5 heteroatoms. The molecule has 2 heterocycles. The first-order valence-corrected chi connectivity index (χ1v) is 9.36. The van der Waals surface area contributed by atoms with E-state index in [1.54, 1.807) is 11.3 Å². The highest BCUT2D eigenvalue weighted by Crippen LogP contribution is 2.35. The van der Waals surface area contributed by atoms with Gasteiger partial charge >= 0.3 is 0 Å². The van der Waals surface area contributed by atoms with Crippen molar-refractivity contribution in [1.82, 2.24) is 10.6 Å². The molecular weight excluding hydrogens is 296 g/mol. The zero-order valence-electron chi connectivity index (χ0n) is 13.0. The first kappa shape index (κ1) is 16.0. The van der Waals surface area contributed by atoms with Gasteiger partial charge in [0.25, 0.3) is 0 Å². The standard InChI is InChI=1S/C17H26N2O2S/c20-15-9-14(10-15)17(13-3-6-18-7-4-13)19-16(21)2-1-12-5-8-22-11-12/h5,8,11,13-15,17-18,20H,1-4,6-7,9-10H2,(H,19,21)/t14?,15?,17-/m1/s1. The summed E-state index contributed by atoms with van der Waals surface area (Å²) >= 11 is 1.68. The van der Waals surface area contributed by atoms with Crippen molar-refractivity contribution in [1.29, 1.82) is 0 Å². The first-order valence-electron chi connectivity index (χ1n) is 8.41. The lowest BCUT2D eigenvalue weighted by molar-refractivity contribution is -0.123. The Morgan fingerprint density at radius 3 is 2.77 bits per heavy atom. The molecule has 1 saturated carbocycles. The molecule has 0 unspecified atom stereocenters. The summed E-state index contributed by atoms with van der Waals surface area (Å²) in [6, 6.07) is 2.34. The van der Waals surface area contributed by atoms with Crippen LogP contribution in [-0.2, 0) is 11.2 Å². The predicted octanol–water partition coefficient (Wildman–Crippen LogP) is 1.94. The summed E-state index contributed by atoms with van der Waals surface area (Å²) in [5.74, 6) is 1.18. The van der Waals surface area contributed by atoms with Crippen molar-refractivity contribution in [2.24, 2.45) is 11.8 Å². The summed E-state index contributed by atoms with van der Waals surface area (Å²) in [5, 5.41) is 20.5. The number of carbonyl (C=O) groups is 1. The molecule has 1 aromatic rings. The highest BCUT2D eigenvalue weighted by atomic mass is 32.1. The van der Waals surface area contributed by atoms with Crippen molar-refractivity contribution in [2.45, 2.75) is 50.7 Å². The Bertz CT molecular complexity index is 465. The van der Waals surface area contributed by atoms with Crippen LogP contribution in [0.5, 0.6) is 0 Å². The fourth-order valence-electron chi connectivity index (χ4n) is 3.70. The topological polar surface area (TPSA) is 61.4 Å². The van der Waals surface area contributed by atoms with Gasteiger partial charge in [-0.05, 0) is 79.4 Å². The zero-order chi connectivity index (χ0) is 15.4. The minimum atomic E-state index is -0.156. The van der Waals surface area contributed by atoms with E-state index in [9.17, 15) is 9.90 Å². The number of hydrogen-bond acceptors (Lipinski definition) is 4. The third-order valence-electron chi connectivity index (χ3n) is 5.10. The van der Waals surface area contributed by atoms with Crippen molar-refractivity contribution >= 4 is 17.2 Å². The summed E-state index contributed by atoms with van der Waals surface area (Å²) in [7, 11) is 0. The molecule has 0 spiro atoms. The SMILES string of the molecule is O=C(CCc1ccsc1)N[C@H](C1CCNCC1)C1CC(O)C1. The van der Waals surface area contributed by atoms with Crippen LogP contribution in [0.2, 0.25) is 0 Å². The van der Waals surface area contributed by atoms with E-state index in [2.05, 4.69) is 27.5 Å². The third-order valence-corrected chi connectivity index (χ3v) is 5.83. The quantitative estimate of drug-likeness (QED) is 0.750. The van der Waals surface area contributed by atoms with Crippen LogP contribution in [0.15, 0.2) is 16.8 Å². The molecule has 2 fully saturated rings. The van der Waals surface area contributed by atoms with Gasteiger partial charge in [-0.3, -0.25) is 4.79 Å². The minimum absolute atomic E-state index is 0.156. The van der Waals surface area contributed by atoms with Crippen molar-refractivity contribution < 1.29 is 9.90 Å². The predicted molar refractivity (Wildman–Crippen MR) is 88.9 cm³/mol. The normalized spacial score (nSPS) is 27.1. The second-order valence-electron chi connectivity index (χ2n) is 6.70. The second kappa shape index (κ2) is 7.57. The van der Waals surface area contributed by atoms with Gasteiger partial charge in [0, 0.05) is 12.5 Å². The fraction of sp³-hybridized carbons (Fsp3) is 0.706. The molecule has 4 nitrogen and oxygen atoms in total. The molecule has 2 aliphatic rings. The molecule has 1 aliphatic carbocycles. The smallest absolute Gasteiger partial charge is 0.220 e. The Balaban J connectivity index is 1.53. The van der Waals surface area contributed by atoms with E-state index in [0.29, 0.717) is 18.3 Å². The molecule has 1 saturated heterocycles. The number of rotatable bonds is 6. The maximum atomic E-state index is 12.3. The molecule has 1 aromatic heterocycles. The van der Waals surface area contributed by atoms with E-state index in [4.69, 9.17) is 0 Å². The fourth-order valence-corrected chi connectivity index (χ4v) is 4.40. The van der Waals surface area contributed by atoms with Gasteiger partial charge in [-0.15, -0.1) is 0 Å². The summed E-state index contributed by atoms with van der Waals surface area (Å²) < 4.78 is 0. The molecule has 0 aromatic carbocycles. The summed E-state index contributed by atoms with van der Waals surface area (Å²) in [6.07, 6.45) is 5.18. The number of piperidine rings is 1. The highest BCUT2D eigenvalue weighted by Gasteiger charge is 2.38. The van der Waals surface area contributed by atoms with Gasteiger partial charge in [0.05, 0.1) is 6.10 Å². The largest absolute Gasteiger partial charge is 0.393 e.